The van der Waals surface area contributed by atoms with Crippen molar-refractivity contribution in [3.8, 4) is 0 Å². The van der Waals surface area contributed by atoms with E-state index in [1.54, 1.807) is 44.2 Å². The number of fused-ring (bicyclic) bond motifs is 2. The van der Waals surface area contributed by atoms with Gasteiger partial charge in [-0.05, 0) is 55.8 Å². The average molecular weight is 419 g/mol. The van der Waals surface area contributed by atoms with E-state index in [0.29, 0.717) is 33.8 Å². The molecule has 0 saturated heterocycles. The molecule has 0 fully saturated rings. The SMILES string of the molecule is CC1=C(S(=O)(=O)O)C(C)=[N+]2C1=C(c1ccc(N)cc1)c1c(C)cc(C)n1[B-]2(F)F. The Kier molecular flexibility index (Phi) is 3.98. The van der Waals surface area contributed by atoms with Crippen molar-refractivity contribution in [2.24, 2.45) is 0 Å². The molecule has 10 heteroatoms. The van der Waals surface area contributed by atoms with E-state index in [1.165, 1.54) is 13.8 Å². The normalized spacial score (nSPS) is 18.4. The summed E-state index contributed by atoms with van der Waals surface area (Å²) in [6.07, 6.45) is 0. The van der Waals surface area contributed by atoms with Crippen molar-refractivity contribution in [2.75, 3.05) is 5.73 Å². The predicted molar refractivity (Wildman–Crippen MR) is 109 cm³/mol. The van der Waals surface area contributed by atoms with Gasteiger partial charge in [0.15, 0.2) is 16.3 Å². The van der Waals surface area contributed by atoms with Gasteiger partial charge in [0.05, 0.1) is 5.57 Å². The first-order valence-electron chi connectivity index (χ1n) is 9.00. The third-order valence-electron chi connectivity index (χ3n) is 5.60. The highest BCUT2D eigenvalue weighted by molar-refractivity contribution is 7.90. The van der Waals surface area contributed by atoms with Gasteiger partial charge in [-0.25, -0.2) is 0 Å². The monoisotopic (exact) mass is 419 g/mol. The van der Waals surface area contributed by atoms with E-state index in [9.17, 15) is 13.0 Å². The lowest BCUT2D eigenvalue weighted by Crippen LogP contribution is -2.51. The Morgan fingerprint density at radius 3 is 2.24 bits per heavy atom. The van der Waals surface area contributed by atoms with Gasteiger partial charge in [0.25, 0.3) is 0 Å². The van der Waals surface area contributed by atoms with Crippen molar-refractivity contribution in [1.82, 2.24) is 4.48 Å². The molecule has 0 saturated carbocycles. The van der Waals surface area contributed by atoms with Crippen LogP contribution >= 0.6 is 0 Å². The highest BCUT2D eigenvalue weighted by Crippen LogP contribution is 2.46. The summed E-state index contributed by atoms with van der Waals surface area (Å²) in [5.74, 6) is 0. The van der Waals surface area contributed by atoms with E-state index in [4.69, 9.17) is 5.73 Å². The first kappa shape index (κ1) is 19.6. The zero-order chi connectivity index (χ0) is 21.5. The number of halogens is 2. The second-order valence-corrected chi connectivity index (χ2v) is 8.86. The highest BCUT2D eigenvalue weighted by Gasteiger charge is 2.57. The number of nitrogens with zero attached hydrogens (tertiary/aromatic N) is 2. The molecule has 6 nitrogen and oxygen atoms in total. The predicted octanol–water partition coefficient (Wildman–Crippen LogP) is 3.33. The fourth-order valence-electron chi connectivity index (χ4n) is 4.60. The van der Waals surface area contributed by atoms with E-state index < -0.39 is 22.0 Å². The Hall–Kier alpha value is -2.72. The van der Waals surface area contributed by atoms with Crippen LogP contribution in [0, 0.1) is 13.8 Å². The summed E-state index contributed by atoms with van der Waals surface area (Å²) in [6, 6.07) is 8.44. The van der Waals surface area contributed by atoms with E-state index in [0.717, 1.165) is 8.96 Å². The third-order valence-corrected chi connectivity index (χ3v) is 6.72. The molecule has 0 bridgehead atoms. The van der Waals surface area contributed by atoms with Crippen LogP contribution in [0.2, 0.25) is 0 Å². The number of hydrogen-bond donors (Lipinski definition) is 2. The van der Waals surface area contributed by atoms with E-state index in [2.05, 4.69) is 0 Å². The Morgan fingerprint density at radius 2 is 1.69 bits per heavy atom. The minimum Gasteiger partial charge on any atom is -0.399 e. The van der Waals surface area contributed by atoms with E-state index in [1.807, 2.05) is 0 Å². The van der Waals surface area contributed by atoms with E-state index in [-0.39, 0.29) is 17.0 Å². The number of aromatic nitrogens is 1. The zero-order valence-corrected chi connectivity index (χ0v) is 17.2. The van der Waals surface area contributed by atoms with Gasteiger partial charge >= 0.3 is 17.1 Å². The summed E-state index contributed by atoms with van der Waals surface area (Å²) in [4.78, 5) is -0.483. The molecule has 2 aliphatic heterocycles. The molecule has 29 heavy (non-hydrogen) atoms. The van der Waals surface area contributed by atoms with Gasteiger partial charge in [0, 0.05) is 23.9 Å². The largest absolute Gasteiger partial charge is 0.737 e. The van der Waals surface area contributed by atoms with Crippen molar-refractivity contribution in [2.45, 2.75) is 27.7 Å². The Morgan fingerprint density at radius 1 is 1.10 bits per heavy atom. The lowest BCUT2D eigenvalue weighted by Gasteiger charge is -2.34. The molecule has 152 valence electrons. The summed E-state index contributed by atoms with van der Waals surface area (Å²) >= 11 is 0. The number of aryl methyl sites for hydroxylation is 2. The molecule has 3 N–H and O–H groups in total. The molecular weight excluding hydrogens is 399 g/mol. The highest BCUT2D eigenvalue weighted by atomic mass is 32.2. The number of hydrogen-bond acceptors (Lipinski definition) is 3. The number of nitrogen functional groups attached to an aromatic ring is 1. The van der Waals surface area contributed by atoms with Crippen LogP contribution in [0.25, 0.3) is 5.57 Å². The topological polar surface area (TPSA) is 88.3 Å². The van der Waals surface area contributed by atoms with Crippen LogP contribution < -0.4 is 5.73 Å². The molecule has 0 atom stereocenters. The van der Waals surface area contributed by atoms with Crippen molar-refractivity contribution >= 4 is 34.1 Å². The van der Waals surface area contributed by atoms with Crippen molar-refractivity contribution < 1.29 is 26.1 Å². The van der Waals surface area contributed by atoms with Gasteiger partial charge in [-0.3, -0.25) is 4.55 Å². The maximum atomic E-state index is 15.7. The molecular formula is C19H20BF2N3O3S. The van der Waals surface area contributed by atoms with E-state index >= 15 is 8.63 Å². The van der Waals surface area contributed by atoms with Crippen LogP contribution in [-0.2, 0) is 10.1 Å². The van der Waals surface area contributed by atoms with Gasteiger partial charge in [-0.15, -0.1) is 0 Å². The van der Waals surface area contributed by atoms with Crippen LogP contribution in [0.3, 0.4) is 0 Å². The molecule has 0 aliphatic carbocycles. The van der Waals surface area contributed by atoms with Crippen molar-refractivity contribution in [3.05, 3.63) is 69.0 Å². The van der Waals surface area contributed by atoms with Crippen LogP contribution in [0.15, 0.2) is 46.5 Å². The van der Waals surface area contributed by atoms with Gasteiger partial charge < -0.3 is 23.3 Å². The van der Waals surface area contributed by atoms with Gasteiger partial charge in [-0.2, -0.15) is 8.42 Å². The molecule has 1 aromatic heterocycles. The van der Waals surface area contributed by atoms with Gasteiger partial charge in [0.2, 0.25) is 0 Å². The fraction of sp³-hybridized carbons (Fsp3) is 0.211. The van der Waals surface area contributed by atoms with Crippen LogP contribution in [-0.4, -0.2) is 34.6 Å². The summed E-state index contributed by atoms with van der Waals surface area (Å²) in [7, 11) is -4.70. The first-order chi connectivity index (χ1) is 13.4. The number of allylic oxidation sites excluding steroid dienone is 2. The van der Waals surface area contributed by atoms with Crippen LogP contribution in [0.1, 0.15) is 36.4 Å². The minimum absolute atomic E-state index is 0.0820. The number of rotatable bonds is 2. The molecule has 0 amide bonds. The average Bonchev–Trinajstić information content (AvgIpc) is 3.03. The van der Waals surface area contributed by atoms with Crippen molar-refractivity contribution in [1.29, 1.82) is 0 Å². The molecule has 1 aromatic carbocycles. The molecule has 0 unspecified atom stereocenters. The van der Waals surface area contributed by atoms with Crippen molar-refractivity contribution in [3.63, 3.8) is 0 Å². The molecule has 4 rings (SSSR count). The fourth-order valence-corrected chi connectivity index (χ4v) is 5.55. The summed E-state index contributed by atoms with van der Waals surface area (Å²) in [5.41, 5.74) is 8.70. The maximum absolute atomic E-state index is 15.7. The third kappa shape index (κ3) is 2.55. The maximum Gasteiger partial charge on any atom is 0.737 e. The second kappa shape index (κ2) is 5.90. The smallest absolute Gasteiger partial charge is 0.399 e. The lowest BCUT2D eigenvalue weighted by atomic mass is 9.84. The first-order valence-corrected chi connectivity index (χ1v) is 10.4. The molecule has 3 heterocycles. The lowest BCUT2D eigenvalue weighted by molar-refractivity contribution is -0.363. The van der Waals surface area contributed by atoms with Crippen LogP contribution in [0.4, 0.5) is 14.3 Å². The number of benzene rings is 1. The summed E-state index contributed by atoms with van der Waals surface area (Å²) in [6.45, 7) is 1.68. The Balaban J connectivity index is 2.24. The summed E-state index contributed by atoms with van der Waals surface area (Å²) < 4.78 is 66.9. The quantitative estimate of drug-likeness (QED) is 0.444. The number of nitrogens with two attached hydrogens (primary N) is 1. The van der Waals surface area contributed by atoms with Gasteiger partial charge in [-0.1, -0.05) is 12.1 Å². The second-order valence-electron chi connectivity index (χ2n) is 7.51. The molecule has 0 radical (unpaired) electrons. The Bertz CT molecular complexity index is 1290. The molecule has 2 aromatic rings. The number of anilines is 1. The Labute approximate surface area is 167 Å². The standard InChI is InChI=1S/C19H20BF2N3O3S/c1-10-9-11(2)24-17(10)16(14-5-7-15(23)8-6-14)18-12(3)19(29(26,27)28)13(4)25(18)20(24,21)22/h5-9H,23H2,1-4H3,(H,26,27,28). The molecule has 2 aliphatic rings. The van der Waals surface area contributed by atoms with Gasteiger partial charge in [0.1, 0.15) is 0 Å². The van der Waals surface area contributed by atoms with Crippen LogP contribution in [0.5, 0.6) is 0 Å². The molecule has 0 spiro atoms. The summed E-state index contributed by atoms with van der Waals surface area (Å²) in [5, 5.41) is 0. The zero-order valence-electron chi connectivity index (χ0n) is 16.4. The minimum atomic E-state index is -4.70.